The highest BCUT2D eigenvalue weighted by Crippen LogP contribution is 2.21. The number of aromatic nitrogens is 1. The van der Waals surface area contributed by atoms with Gasteiger partial charge in [-0.2, -0.15) is 0 Å². The molecule has 4 nitrogen and oxygen atoms in total. The largest absolute Gasteiger partial charge is 0.480 e. The Kier molecular flexibility index (Phi) is 2.66. The number of carboxylic acid groups (broad SMARTS) is 1. The van der Waals surface area contributed by atoms with Crippen LogP contribution in [0.2, 0.25) is 0 Å². The number of aromatic amines is 1. The van der Waals surface area contributed by atoms with Crippen molar-refractivity contribution in [1.82, 2.24) is 4.98 Å². The predicted molar refractivity (Wildman–Crippen MR) is 62.4 cm³/mol. The van der Waals surface area contributed by atoms with Gasteiger partial charge in [-0.05, 0) is 18.1 Å². The molecule has 0 amide bonds. The number of H-pyrrole nitrogens is 1. The van der Waals surface area contributed by atoms with Crippen molar-refractivity contribution in [2.45, 2.75) is 19.4 Å². The summed E-state index contributed by atoms with van der Waals surface area (Å²) in [6.07, 6.45) is 2.18. The van der Waals surface area contributed by atoms with Crippen molar-refractivity contribution >= 4 is 16.9 Å². The van der Waals surface area contributed by atoms with Crippen LogP contribution in [0.1, 0.15) is 11.1 Å². The molecule has 1 aromatic heterocycles. The quantitative estimate of drug-likeness (QED) is 0.729. The second-order valence-electron chi connectivity index (χ2n) is 3.96. The van der Waals surface area contributed by atoms with Crippen molar-refractivity contribution in [2.24, 2.45) is 5.73 Å². The van der Waals surface area contributed by atoms with E-state index in [4.69, 9.17) is 10.8 Å². The molecule has 0 bridgehead atoms. The normalized spacial score (nSPS) is 12.9. The van der Waals surface area contributed by atoms with Crippen molar-refractivity contribution in [2.75, 3.05) is 0 Å². The standard InChI is InChI=1S/C12H14N2O2/c1-7-3-2-4-9-8(6-14-11(7)9)5-10(13)12(15)16/h2-4,6,10,14H,5,13H2,1H3,(H,15,16)/t10-/m1/s1. The number of carbonyl (C=O) groups is 1. The molecule has 0 aliphatic rings. The fourth-order valence-corrected chi connectivity index (χ4v) is 1.86. The summed E-state index contributed by atoms with van der Waals surface area (Å²) in [5.41, 5.74) is 8.67. The van der Waals surface area contributed by atoms with Crippen LogP contribution >= 0.6 is 0 Å². The van der Waals surface area contributed by atoms with Gasteiger partial charge in [-0.1, -0.05) is 18.2 Å². The summed E-state index contributed by atoms with van der Waals surface area (Å²) in [6, 6.07) is 5.10. The third-order valence-electron chi connectivity index (χ3n) is 2.77. The van der Waals surface area contributed by atoms with E-state index in [0.717, 1.165) is 22.0 Å². The highest BCUT2D eigenvalue weighted by atomic mass is 16.4. The molecule has 0 saturated carbocycles. The number of rotatable bonds is 3. The molecule has 1 heterocycles. The van der Waals surface area contributed by atoms with Crippen LogP contribution in [0, 0.1) is 6.92 Å². The van der Waals surface area contributed by atoms with Crippen molar-refractivity contribution in [3.05, 3.63) is 35.5 Å². The molecule has 4 heteroatoms. The van der Waals surface area contributed by atoms with E-state index in [9.17, 15) is 4.79 Å². The van der Waals surface area contributed by atoms with Crippen molar-refractivity contribution in [3.8, 4) is 0 Å². The SMILES string of the molecule is Cc1cccc2c(C[C@@H](N)C(=O)O)c[nH]c12. The molecule has 1 atom stereocenters. The maximum Gasteiger partial charge on any atom is 0.320 e. The summed E-state index contributed by atoms with van der Waals surface area (Å²) < 4.78 is 0. The van der Waals surface area contributed by atoms with Crippen LogP contribution in [0.25, 0.3) is 10.9 Å². The number of nitrogens with two attached hydrogens (primary N) is 1. The number of nitrogens with one attached hydrogen (secondary N) is 1. The first-order chi connectivity index (χ1) is 7.59. The number of aryl methyl sites for hydroxylation is 1. The molecule has 2 rings (SSSR count). The molecule has 0 unspecified atom stereocenters. The molecule has 0 aliphatic carbocycles. The summed E-state index contributed by atoms with van der Waals surface area (Å²) in [5, 5.41) is 9.82. The second-order valence-corrected chi connectivity index (χ2v) is 3.96. The molecule has 84 valence electrons. The minimum absolute atomic E-state index is 0.346. The summed E-state index contributed by atoms with van der Waals surface area (Å²) in [7, 11) is 0. The van der Waals surface area contributed by atoms with Crippen LogP contribution in [0.3, 0.4) is 0 Å². The number of carboxylic acids is 1. The Bertz CT molecular complexity index is 531. The van der Waals surface area contributed by atoms with E-state index in [1.165, 1.54) is 0 Å². The summed E-state index contributed by atoms with van der Waals surface area (Å²) in [4.78, 5) is 13.8. The predicted octanol–water partition coefficient (Wildman–Crippen LogP) is 1.43. The van der Waals surface area contributed by atoms with E-state index in [1.807, 2.05) is 31.3 Å². The molecule has 16 heavy (non-hydrogen) atoms. The third-order valence-corrected chi connectivity index (χ3v) is 2.77. The molecular formula is C12H14N2O2. The Morgan fingerprint density at radius 2 is 2.31 bits per heavy atom. The lowest BCUT2D eigenvalue weighted by atomic mass is 10.0. The van der Waals surface area contributed by atoms with Gasteiger partial charge in [0.15, 0.2) is 0 Å². The molecule has 0 radical (unpaired) electrons. The Hall–Kier alpha value is -1.81. The maximum absolute atomic E-state index is 10.7. The maximum atomic E-state index is 10.7. The highest BCUT2D eigenvalue weighted by Gasteiger charge is 2.14. The summed E-state index contributed by atoms with van der Waals surface area (Å²) >= 11 is 0. The van der Waals surface area contributed by atoms with E-state index in [1.54, 1.807) is 0 Å². The number of hydrogen-bond donors (Lipinski definition) is 3. The van der Waals surface area contributed by atoms with Gasteiger partial charge in [0, 0.05) is 23.5 Å². The molecule has 2 aromatic rings. The highest BCUT2D eigenvalue weighted by molar-refractivity contribution is 5.86. The molecule has 4 N–H and O–H groups in total. The average molecular weight is 218 g/mol. The molecule has 1 aromatic carbocycles. The van der Waals surface area contributed by atoms with Crippen LogP contribution in [-0.4, -0.2) is 22.1 Å². The first-order valence-corrected chi connectivity index (χ1v) is 5.13. The van der Waals surface area contributed by atoms with E-state index in [-0.39, 0.29) is 0 Å². The lowest BCUT2D eigenvalue weighted by Gasteiger charge is -2.04. The van der Waals surface area contributed by atoms with E-state index in [0.29, 0.717) is 6.42 Å². The lowest BCUT2D eigenvalue weighted by molar-refractivity contribution is -0.138. The fraction of sp³-hybridized carbons (Fsp3) is 0.250. The van der Waals surface area contributed by atoms with Gasteiger partial charge in [-0.25, -0.2) is 0 Å². The summed E-state index contributed by atoms with van der Waals surface area (Å²) in [5.74, 6) is -0.970. The smallest absolute Gasteiger partial charge is 0.320 e. The fourth-order valence-electron chi connectivity index (χ4n) is 1.86. The van der Waals surface area contributed by atoms with Crippen LogP contribution in [0.5, 0.6) is 0 Å². The van der Waals surface area contributed by atoms with Gasteiger partial charge in [0.1, 0.15) is 6.04 Å². The lowest BCUT2D eigenvalue weighted by Crippen LogP contribution is -2.32. The molecule has 0 spiro atoms. The topological polar surface area (TPSA) is 79.1 Å². The van der Waals surface area contributed by atoms with E-state index >= 15 is 0 Å². The number of benzene rings is 1. The number of hydrogen-bond acceptors (Lipinski definition) is 2. The number of aliphatic carboxylic acids is 1. The van der Waals surface area contributed by atoms with Crippen LogP contribution in [0.4, 0.5) is 0 Å². The van der Waals surface area contributed by atoms with Gasteiger partial charge in [0.2, 0.25) is 0 Å². The van der Waals surface area contributed by atoms with Crippen molar-refractivity contribution in [3.63, 3.8) is 0 Å². The van der Waals surface area contributed by atoms with E-state index in [2.05, 4.69) is 4.98 Å². The molecule has 0 saturated heterocycles. The Morgan fingerprint density at radius 3 is 3.00 bits per heavy atom. The summed E-state index contributed by atoms with van der Waals surface area (Å²) in [6.45, 7) is 2.01. The van der Waals surface area contributed by atoms with Crippen LogP contribution in [-0.2, 0) is 11.2 Å². The van der Waals surface area contributed by atoms with Crippen LogP contribution in [0.15, 0.2) is 24.4 Å². The van der Waals surface area contributed by atoms with Crippen molar-refractivity contribution < 1.29 is 9.90 Å². The zero-order chi connectivity index (χ0) is 11.7. The zero-order valence-corrected chi connectivity index (χ0v) is 9.03. The first kappa shape index (κ1) is 10.7. The minimum atomic E-state index is -0.970. The monoisotopic (exact) mass is 218 g/mol. The van der Waals surface area contributed by atoms with Gasteiger partial charge >= 0.3 is 5.97 Å². The third kappa shape index (κ3) is 1.79. The van der Waals surface area contributed by atoms with Crippen LogP contribution < -0.4 is 5.73 Å². The van der Waals surface area contributed by atoms with Gasteiger partial charge in [0.25, 0.3) is 0 Å². The first-order valence-electron chi connectivity index (χ1n) is 5.13. The van der Waals surface area contributed by atoms with Gasteiger partial charge in [-0.3, -0.25) is 4.79 Å². The van der Waals surface area contributed by atoms with E-state index < -0.39 is 12.0 Å². The van der Waals surface area contributed by atoms with Crippen molar-refractivity contribution in [1.29, 1.82) is 0 Å². The van der Waals surface area contributed by atoms with Gasteiger partial charge in [0.05, 0.1) is 0 Å². The number of para-hydroxylation sites is 1. The number of fused-ring (bicyclic) bond motifs is 1. The second kappa shape index (κ2) is 3.98. The molecular weight excluding hydrogens is 204 g/mol. The molecule has 0 fully saturated rings. The van der Waals surface area contributed by atoms with Gasteiger partial charge in [-0.15, -0.1) is 0 Å². The Balaban J connectivity index is 2.39. The Morgan fingerprint density at radius 1 is 1.56 bits per heavy atom. The van der Waals surface area contributed by atoms with Gasteiger partial charge < -0.3 is 15.8 Å². The zero-order valence-electron chi connectivity index (χ0n) is 9.03. The Labute approximate surface area is 93.1 Å². The average Bonchev–Trinajstić information content (AvgIpc) is 2.63. The molecule has 0 aliphatic heterocycles. The minimum Gasteiger partial charge on any atom is -0.480 e.